The van der Waals surface area contributed by atoms with E-state index in [0.717, 1.165) is 57.8 Å². The van der Waals surface area contributed by atoms with Crippen LogP contribution in [-0.2, 0) is 19.1 Å². The highest BCUT2D eigenvalue weighted by Gasteiger charge is 2.04. The predicted molar refractivity (Wildman–Crippen MR) is 130 cm³/mol. The number of carbonyl (C=O) groups excluding carboxylic acids is 2. The molecule has 0 saturated heterocycles. The van der Waals surface area contributed by atoms with Gasteiger partial charge in [-0.2, -0.15) is 0 Å². The molecule has 0 aromatic heterocycles. The molecule has 184 valence electrons. The SMILES string of the molecule is CCCCCCCCCC(=O)OCCCCCCCOC(=O)CCCCCCCCC. The minimum Gasteiger partial charge on any atom is -0.466 e. The van der Waals surface area contributed by atoms with E-state index < -0.39 is 0 Å². The fraction of sp³-hybridized carbons (Fsp3) is 0.926. The Bertz CT molecular complexity index is 359. The molecule has 0 radical (unpaired) electrons. The fourth-order valence-corrected chi connectivity index (χ4v) is 3.70. The zero-order valence-corrected chi connectivity index (χ0v) is 20.9. The van der Waals surface area contributed by atoms with Crippen molar-refractivity contribution in [1.29, 1.82) is 0 Å². The minimum absolute atomic E-state index is 0.0403. The van der Waals surface area contributed by atoms with Crippen LogP contribution in [0, 0.1) is 0 Å². The van der Waals surface area contributed by atoms with E-state index in [-0.39, 0.29) is 11.9 Å². The predicted octanol–water partition coefficient (Wildman–Crippen LogP) is 8.30. The quantitative estimate of drug-likeness (QED) is 0.112. The summed E-state index contributed by atoms with van der Waals surface area (Å²) >= 11 is 0. The molecule has 0 rings (SSSR count). The molecule has 0 aliphatic carbocycles. The Morgan fingerprint density at radius 3 is 1.06 bits per heavy atom. The molecule has 0 aliphatic rings. The highest BCUT2D eigenvalue weighted by Crippen LogP contribution is 2.11. The zero-order valence-electron chi connectivity index (χ0n) is 20.9. The molecular weight excluding hydrogens is 388 g/mol. The Labute approximate surface area is 193 Å². The standard InChI is InChI=1S/C27H52O4/c1-3-5-7-9-11-14-18-22-26(28)30-24-20-16-13-17-21-25-31-27(29)23-19-15-12-10-8-6-4-2/h3-25H2,1-2H3. The lowest BCUT2D eigenvalue weighted by atomic mass is 10.1. The molecule has 0 atom stereocenters. The average molecular weight is 441 g/mol. The van der Waals surface area contributed by atoms with E-state index in [1.807, 2.05) is 0 Å². The van der Waals surface area contributed by atoms with Gasteiger partial charge in [0.15, 0.2) is 0 Å². The lowest BCUT2D eigenvalue weighted by molar-refractivity contribution is -0.144. The van der Waals surface area contributed by atoms with Gasteiger partial charge in [0.2, 0.25) is 0 Å². The number of carbonyl (C=O) groups is 2. The van der Waals surface area contributed by atoms with Crippen molar-refractivity contribution in [3.05, 3.63) is 0 Å². The third-order valence-corrected chi connectivity index (χ3v) is 5.78. The zero-order chi connectivity index (χ0) is 22.8. The number of rotatable bonds is 24. The summed E-state index contributed by atoms with van der Waals surface area (Å²) in [6, 6.07) is 0. The summed E-state index contributed by atoms with van der Waals surface area (Å²) in [5.41, 5.74) is 0. The van der Waals surface area contributed by atoms with Crippen molar-refractivity contribution in [2.75, 3.05) is 13.2 Å². The van der Waals surface area contributed by atoms with Crippen molar-refractivity contribution in [3.8, 4) is 0 Å². The highest BCUT2D eigenvalue weighted by atomic mass is 16.5. The Hall–Kier alpha value is -1.06. The second-order valence-corrected chi connectivity index (χ2v) is 8.95. The van der Waals surface area contributed by atoms with Crippen molar-refractivity contribution in [3.63, 3.8) is 0 Å². The molecule has 0 fully saturated rings. The first-order chi connectivity index (χ1) is 15.2. The molecule has 0 aromatic rings. The van der Waals surface area contributed by atoms with Crippen LogP contribution in [0.1, 0.15) is 149 Å². The molecule has 4 nitrogen and oxygen atoms in total. The number of esters is 2. The lowest BCUT2D eigenvalue weighted by Crippen LogP contribution is -2.06. The van der Waals surface area contributed by atoms with Crippen molar-refractivity contribution in [2.24, 2.45) is 0 Å². The first kappa shape index (κ1) is 29.9. The van der Waals surface area contributed by atoms with Crippen LogP contribution in [0.25, 0.3) is 0 Å². The van der Waals surface area contributed by atoms with Crippen LogP contribution in [0.5, 0.6) is 0 Å². The summed E-state index contributed by atoms with van der Waals surface area (Å²) in [6.45, 7) is 5.55. The van der Waals surface area contributed by atoms with Crippen molar-refractivity contribution in [2.45, 2.75) is 149 Å². The van der Waals surface area contributed by atoms with E-state index in [9.17, 15) is 9.59 Å². The summed E-state index contributed by atoms with van der Waals surface area (Å²) in [7, 11) is 0. The van der Waals surface area contributed by atoms with E-state index in [1.54, 1.807) is 0 Å². The average Bonchev–Trinajstić information content (AvgIpc) is 2.76. The van der Waals surface area contributed by atoms with Crippen LogP contribution >= 0.6 is 0 Å². The second-order valence-electron chi connectivity index (χ2n) is 8.95. The molecular formula is C27H52O4. The molecule has 0 aromatic carbocycles. The molecule has 31 heavy (non-hydrogen) atoms. The molecule has 0 amide bonds. The normalized spacial score (nSPS) is 10.9. The molecule has 0 aliphatic heterocycles. The van der Waals surface area contributed by atoms with Gasteiger partial charge < -0.3 is 9.47 Å². The van der Waals surface area contributed by atoms with Crippen molar-refractivity contribution >= 4 is 11.9 Å². The van der Waals surface area contributed by atoms with Crippen molar-refractivity contribution in [1.82, 2.24) is 0 Å². The van der Waals surface area contributed by atoms with E-state index in [1.165, 1.54) is 64.2 Å². The highest BCUT2D eigenvalue weighted by molar-refractivity contribution is 5.69. The summed E-state index contributed by atoms with van der Waals surface area (Å²) in [6.07, 6.45) is 23.3. The summed E-state index contributed by atoms with van der Waals surface area (Å²) in [5, 5.41) is 0. The van der Waals surface area contributed by atoms with Gasteiger partial charge in [-0.3, -0.25) is 9.59 Å². The van der Waals surface area contributed by atoms with Crippen LogP contribution in [0.2, 0.25) is 0 Å². The fourth-order valence-electron chi connectivity index (χ4n) is 3.70. The monoisotopic (exact) mass is 440 g/mol. The Balaban J connectivity index is 3.24. The van der Waals surface area contributed by atoms with Gasteiger partial charge in [0, 0.05) is 12.8 Å². The first-order valence-electron chi connectivity index (χ1n) is 13.5. The number of hydrogen-bond acceptors (Lipinski definition) is 4. The van der Waals surface area contributed by atoms with E-state index >= 15 is 0 Å². The van der Waals surface area contributed by atoms with Gasteiger partial charge in [0.25, 0.3) is 0 Å². The number of hydrogen-bond donors (Lipinski definition) is 0. The van der Waals surface area contributed by atoms with Crippen LogP contribution in [0.15, 0.2) is 0 Å². The van der Waals surface area contributed by atoms with E-state index in [2.05, 4.69) is 13.8 Å². The third-order valence-electron chi connectivity index (χ3n) is 5.78. The van der Waals surface area contributed by atoms with E-state index in [0.29, 0.717) is 26.1 Å². The van der Waals surface area contributed by atoms with Gasteiger partial charge in [-0.1, -0.05) is 110 Å². The first-order valence-corrected chi connectivity index (χ1v) is 13.5. The van der Waals surface area contributed by atoms with Crippen LogP contribution in [0.4, 0.5) is 0 Å². The number of ether oxygens (including phenoxy) is 2. The Morgan fingerprint density at radius 2 is 0.710 bits per heavy atom. The molecule has 0 bridgehead atoms. The van der Waals surface area contributed by atoms with Crippen LogP contribution in [0.3, 0.4) is 0 Å². The topological polar surface area (TPSA) is 52.6 Å². The largest absolute Gasteiger partial charge is 0.466 e. The lowest BCUT2D eigenvalue weighted by Gasteiger charge is -2.06. The smallest absolute Gasteiger partial charge is 0.305 e. The van der Waals surface area contributed by atoms with Gasteiger partial charge >= 0.3 is 11.9 Å². The van der Waals surface area contributed by atoms with Gasteiger partial charge in [0.1, 0.15) is 0 Å². The maximum atomic E-state index is 11.7. The molecule has 0 unspecified atom stereocenters. The Morgan fingerprint density at radius 1 is 0.419 bits per heavy atom. The van der Waals surface area contributed by atoms with Crippen LogP contribution in [-0.4, -0.2) is 25.2 Å². The Kier molecular flexibility index (Phi) is 24.3. The number of unbranched alkanes of at least 4 members (excludes halogenated alkanes) is 16. The molecule has 0 spiro atoms. The minimum atomic E-state index is -0.0403. The van der Waals surface area contributed by atoms with Crippen molar-refractivity contribution < 1.29 is 19.1 Å². The summed E-state index contributed by atoms with van der Waals surface area (Å²) in [5.74, 6) is -0.0807. The molecule has 0 heterocycles. The third kappa shape index (κ3) is 25.1. The van der Waals surface area contributed by atoms with Gasteiger partial charge in [-0.15, -0.1) is 0 Å². The summed E-state index contributed by atoms with van der Waals surface area (Å²) in [4.78, 5) is 23.4. The van der Waals surface area contributed by atoms with Crippen LogP contribution < -0.4 is 0 Å². The van der Waals surface area contributed by atoms with Gasteiger partial charge in [-0.25, -0.2) is 0 Å². The molecule has 0 saturated carbocycles. The molecule has 0 N–H and O–H groups in total. The maximum Gasteiger partial charge on any atom is 0.305 e. The van der Waals surface area contributed by atoms with Gasteiger partial charge in [0.05, 0.1) is 13.2 Å². The van der Waals surface area contributed by atoms with E-state index in [4.69, 9.17) is 9.47 Å². The molecule has 4 heteroatoms. The van der Waals surface area contributed by atoms with Gasteiger partial charge in [-0.05, 0) is 25.7 Å². The maximum absolute atomic E-state index is 11.7. The second kappa shape index (κ2) is 25.2. The summed E-state index contributed by atoms with van der Waals surface area (Å²) < 4.78 is 10.6.